The van der Waals surface area contributed by atoms with Gasteiger partial charge in [0.2, 0.25) is 0 Å². The molecule has 0 aromatic heterocycles. The van der Waals surface area contributed by atoms with Gasteiger partial charge in [0.25, 0.3) is 0 Å². The van der Waals surface area contributed by atoms with Crippen LogP contribution in [0.1, 0.15) is 25.7 Å². The van der Waals surface area contributed by atoms with Crippen LogP contribution >= 0.6 is 11.8 Å². The molecule has 2 unspecified atom stereocenters. The van der Waals surface area contributed by atoms with Gasteiger partial charge in [-0.1, -0.05) is 18.2 Å². The second-order valence-electron chi connectivity index (χ2n) is 3.82. The molecule has 0 N–H and O–H groups in total. The van der Waals surface area contributed by atoms with E-state index >= 15 is 0 Å². The summed E-state index contributed by atoms with van der Waals surface area (Å²) in [4.78, 5) is 1.27. The summed E-state index contributed by atoms with van der Waals surface area (Å²) >= 11 is 1.83. The molecule has 0 amide bonds. The number of alkyl halides is 1. The number of thioether (sulfide) groups is 1. The summed E-state index contributed by atoms with van der Waals surface area (Å²) in [5.74, 6) is 0. The second-order valence-corrected chi connectivity index (χ2v) is 5.19. The number of rotatable bonds is 2. The lowest BCUT2D eigenvalue weighted by Crippen LogP contribution is -2.17. The lowest BCUT2D eigenvalue weighted by atomic mass is 9.98. The van der Waals surface area contributed by atoms with Gasteiger partial charge in [-0.2, -0.15) is 0 Å². The van der Waals surface area contributed by atoms with E-state index in [1.165, 1.54) is 11.3 Å². The lowest BCUT2D eigenvalue weighted by Gasteiger charge is -2.23. The Balaban J connectivity index is 1.91. The van der Waals surface area contributed by atoms with Gasteiger partial charge in [0.1, 0.15) is 6.17 Å². The molecule has 1 fully saturated rings. The molecular formula is C12H15FS. The topological polar surface area (TPSA) is 0 Å². The van der Waals surface area contributed by atoms with Gasteiger partial charge in [-0.05, 0) is 37.8 Å². The molecule has 2 heteroatoms. The van der Waals surface area contributed by atoms with Crippen LogP contribution in [-0.2, 0) is 0 Å². The minimum absolute atomic E-state index is 0.487. The normalized spacial score (nSPS) is 27.5. The molecule has 1 aromatic carbocycles. The molecule has 0 aliphatic heterocycles. The highest BCUT2D eigenvalue weighted by molar-refractivity contribution is 8.00. The van der Waals surface area contributed by atoms with Crippen molar-refractivity contribution in [3.8, 4) is 0 Å². The monoisotopic (exact) mass is 210 g/mol. The van der Waals surface area contributed by atoms with E-state index in [2.05, 4.69) is 12.1 Å². The highest BCUT2D eigenvalue weighted by atomic mass is 32.2. The first-order chi connectivity index (χ1) is 6.84. The van der Waals surface area contributed by atoms with E-state index in [9.17, 15) is 4.39 Å². The zero-order chi connectivity index (χ0) is 9.80. The van der Waals surface area contributed by atoms with Crippen molar-refractivity contribution in [1.82, 2.24) is 0 Å². The van der Waals surface area contributed by atoms with Crippen molar-refractivity contribution in [3.63, 3.8) is 0 Å². The van der Waals surface area contributed by atoms with Gasteiger partial charge in [-0.25, -0.2) is 4.39 Å². The maximum atomic E-state index is 13.1. The zero-order valence-corrected chi connectivity index (χ0v) is 8.97. The predicted molar refractivity (Wildman–Crippen MR) is 59.5 cm³/mol. The van der Waals surface area contributed by atoms with Gasteiger partial charge in [0, 0.05) is 10.1 Å². The van der Waals surface area contributed by atoms with Gasteiger partial charge in [0.15, 0.2) is 0 Å². The molecule has 0 bridgehead atoms. The molecule has 0 spiro atoms. The third-order valence-electron chi connectivity index (χ3n) is 2.61. The average molecular weight is 210 g/mol. The Kier molecular flexibility index (Phi) is 3.46. The summed E-state index contributed by atoms with van der Waals surface area (Å²) in [7, 11) is 0. The summed E-state index contributed by atoms with van der Waals surface area (Å²) in [6, 6.07) is 10.3. The Morgan fingerprint density at radius 1 is 1.14 bits per heavy atom. The largest absolute Gasteiger partial charge is 0.247 e. The minimum Gasteiger partial charge on any atom is -0.247 e. The average Bonchev–Trinajstić information content (AvgIpc) is 2.19. The van der Waals surface area contributed by atoms with Crippen LogP contribution in [-0.4, -0.2) is 11.4 Å². The summed E-state index contributed by atoms with van der Waals surface area (Å²) in [5, 5.41) is 0.487. The van der Waals surface area contributed by atoms with Gasteiger partial charge in [0.05, 0.1) is 0 Å². The van der Waals surface area contributed by atoms with E-state index in [0.29, 0.717) is 5.25 Å². The first-order valence-corrected chi connectivity index (χ1v) is 6.08. The van der Waals surface area contributed by atoms with Crippen molar-refractivity contribution in [2.24, 2.45) is 0 Å². The highest BCUT2D eigenvalue weighted by Crippen LogP contribution is 2.34. The Morgan fingerprint density at radius 3 is 2.64 bits per heavy atom. The van der Waals surface area contributed by atoms with E-state index in [-0.39, 0.29) is 0 Å². The number of halogens is 1. The Bertz CT molecular complexity index is 273. The molecule has 0 heterocycles. The Morgan fingerprint density at radius 2 is 1.93 bits per heavy atom. The maximum absolute atomic E-state index is 13.1. The minimum atomic E-state index is -0.565. The van der Waals surface area contributed by atoms with Crippen LogP contribution in [0.5, 0.6) is 0 Å². The third kappa shape index (κ3) is 2.74. The molecule has 0 nitrogen and oxygen atoms in total. The van der Waals surface area contributed by atoms with Crippen molar-refractivity contribution in [1.29, 1.82) is 0 Å². The van der Waals surface area contributed by atoms with Crippen molar-refractivity contribution < 1.29 is 4.39 Å². The van der Waals surface area contributed by atoms with Crippen molar-refractivity contribution in [3.05, 3.63) is 30.3 Å². The predicted octanol–water partition coefficient (Wildman–Crippen LogP) is 4.06. The molecule has 1 aliphatic carbocycles. The molecule has 2 atom stereocenters. The molecular weight excluding hydrogens is 195 g/mol. The van der Waals surface area contributed by atoms with Gasteiger partial charge >= 0.3 is 0 Å². The van der Waals surface area contributed by atoms with Crippen LogP contribution in [0.2, 0.25) is 0 Å². The van der Waals surface area contributed by atoms with Crippen molar-refractivity contribution >= 4 is 11.8 Å². The standard InChI is InChI=1S/C12H15FS/c13-10-5-4-8-12(9-10)14-11-6-2-1-3-7-11/h1-3,6-7,10,12H,4-5,8-9H2. The van der Waals surface area contributed by atoms with E-state index in [4.69, 9.17) is 0 Å². The summed E-state index contributed by atoms with van der Waals surface area (Å²) < 4.78 is 13.1. The third-order valence-corrected chi connectivity index (χ3v) is 3.91. The van der Waals surface area contributed by atoms with Gasteiger partial charge in [-0.3, -0.25) is 0 Å². The molecule has 0 radical (unpaired) electrons. The molecule has 2 rings (SSSR count). The molecule has 76 valence electrons. The van der Waals surface area contributed by atoms with Crippen LogP contribution in [0.4, 0.5) is 4.39 Å². The van der Waals surface area contributed by atoms with Crippen LogP contribution in [0, 0.1) is 0 Å². The van der Waals surface area contributed by atoms with Gasteiger partial charge < -0.3 is 0 Å². The Hall–Kier alpha value is -0.500. The van der Waals surface area contributed by atoms with Crippen LogP contribution in [0.25, 0.3) is 0 Å². The number of hydrogen-bond donors (Lipinski definition) is 0. The maximum Gasteiger partial charge on any atom is 0.101 e. The van der Waals surface area contributed by atoms with Crippen molar-refractivity contribution in [2.75, 3.05) is 0 Å². The molecule has 1 aromatic rings. The molecule has 1 saturated carbocycles. The fraction of sp³-hybridized carbons (Fsp3) is 0.500. The number of benzene rings is 1. The SMILES string of the molecule is FC1CCCC(Sc2ccccc2)C1. The van der Waals surface area contributed by atoms with E-state index in [0.717, 1.165) is 19.3 Å². The first-order valence-electron chi connectivity index (χ1n) is 5.20. The molecule has 14 heavy (non-hydrogen) atoms. The fourth-order valence-electron chi connectivity index (χ4n) is 1.89. The zero-order valence-electron chi connectivity index (χ0n) is 8.16. The van der Waals surface area contributed by atoms with Gasteiger partial charge in [-0.15, -0.1) is 11.8 Å². The van der Waals surface area contributed by atoms with E-state index in [1.54, 1.807) is 0 Å². The smallest absolute Gasteiger partial charge is 0.101 e. The molecule has 1 aliphatic rings. The molecule has 0 saturated heterocycles. The van der Waals surface area contributed by atoms with Crippen LogP contribution in [0.15, 0.2) is 35.2 Å². The second kappa shape index (κ2) is 4.83. The Labute approximate surface area is 88.9 Å². The first kappa shape index (κ1) is 10.0. The lowest BCUT2D eigenvalue weighted by molar-refractivity contribution is 0.256. The highest BCUT2D eigenvalue weighted by Gasteiger charge is 2.21. The van der Waals surface area contributed by atoms with Crippen LogP contribution < -0.4 is 0 Å². The van der Waals surface area contributed by atoms with Crippen molar-refractivity contribution in [2.45, 2.75) is 42.0 Å². The summed E-state index contributed by atoms with van der Waals surface area (Å²) in [5.41, 5.74) is 0. The quantitative estimate of drug-likeness (QED) is 0.709. The fourth-order valence-corrected chi connectivity index (χ4v) is 3.18. The summed E-state index contributed by atoms with van der Waals surface area (Å²) in [6.07, 6.45) is 3.15. The van der Waals surface area contributed by atoms with Crippen LogP contribution in [0.3, 0.4) is 0 Å². The van der Waals surface area contributed by atoms with E-state index in [1.807, 2.05) is 30.0 Å². The summed E-state index contributed by atoms with van der Waals surface area (Å²) in [6.45, 7) is 0. The van der Waals surface area contributed by atoms with E-state index < -0.39 is 6.17 Å². The number of hydrogen-bond acceptors (Lipinski definition) is 1.